The summed E-state index contributed by atoms with van der Waals surface area (Å²) in [5.41, 5.74) is 1.16. The third-order valence-electron chi connectivity index (χ3n) is 4.91. The van der Waals surface area contributed by atoms with E-state index < -0.39 is 0 Å². The fourth-order valence-corrected chi connectivity index (χ4v) is 3.56. The molecule has 1 fully saturated rings. The smallest absolute Gasteiger partial charge is 0.309 e. The van der Waals surface area contributed by atoms with Crippen molar-refractivity contribution < 1.29 is 23.7 Å². The Balaban J connectivity index is 1.10. The standard InChI is InChI=1S/C21H28O5/c22-21(20-15-18-6-7-19(20)14-18)26-13-12-24-9-8-23-10-11-25-16-17-4-2-1-3-5-17/h1-7,18-20H,8-16H2/t18-,19+,20+/m1/s1. The van der Waals surface area contributed by atoms with Gasteiger partial charge in [0.05, 0.1) is 45.6 Å². The Morgan fingerprint density at radius 2 is 1.54 bits per heavy atom. The van der Waals surface area contributed by atoms with Crippen LogP contribution in [0.5, 0.6) is 0 Å². The van der Waals surface area contributed by atoms with Gasteiger partial charge >= 0.3 is 5.97 Å². The molecule has 3 rings (SSSR count). The Morgan fingerprint density at radius 1 is 0.846 bits per heavy atom. The number of benzene rings is 1. The van der Waals surface area contributed by atoms with Gasteiger partial charge in [-0.15, -0.1) is 0 Å². The van der Waals surface area contributed by atoms with Crippen molar-refractivity contribution in [2.45, 2.75) is 19.4 Å². The van der Waals surface area contributed by atoms with Crippen LogP contribution in [0.25, 0.3) is 0 Å². The van der Waals surface area contributed by atoms with Crippen molar-refractivity contribution in [2.75, 3.05) is 39.6 Å². The quantitative estimate of drug-likeness (QED) is 0.326. The molecule has 142 valence electrons. The molecule has 2 bridgehead atoms. The highest BCUT2D eigenvalue weighted by Gasteiger charge is 2.40. The van der Waals surface area contributed by atoms with Crippen molar-refractivity contribution >= 4 is 5.97 Å². The van der Waals surface area contributed by atoms with Crippen LogP contribution in [0.1, 0.15) is 18.4 Å². The van der Waals surface area contributed by atoms with Gasteiger partial charge in [-0.05, 0) is 30.2 Å². The topological polar surface area (TPSA) is 54.0 Å². The fourth-order valence-electron chi connectivity index (χ4n) is 3.56. The zero-order valence-corrected chi connectivity index (χ0v) is 15.2. The molecule has 0 N–H and O–H groups in total. The molecule has 0 amide bonds. The lowest BCUT2D eigenvalue weighted by Gasteiger charge is -2.16. The van der Waals surface area contributed by atoms with E-state index in [0.717, 1.165) is 18.4 Å². The summed E-state index contributed by atoms with van der Waals surface area (Å²) in [6, 6.07) is 10.1. The Hall–Kier alpha value is -1.69. The number of fused-ring (bicyclic) bond motifs is 2. The van der Waals surface area contributed by atoms with Gasteiger partial charge in [0.25, 0.3) is 0 Å². The number of ether oxygens (including phenoxy) is 4. The lowest BCUT2D eigenvalue weighted by Crippen LogP contribution is -2.23. The molecule has 0 aromatic heterocycles. The lowest BCUT2D eigenvalue weighted by atomic mass is 9.94. The number of rotatable bonds is 12. The normalized spacial score (nSPS) is 23.5. The molecule has 1 aromatic carbocycles. The molecule has 0 radical (unpaired) electrons. The molecule has 1 saturated carbocycles. The van der Waals surface area contributed by atoms with Crippen LogP contribution in [0.4, 0.5) is 0 Å². The first-order valence-electron chi connectivity index (χ1n) is 9.45. The van der Waals surface area contributed by atoms with E-state index in [4.69, 9.17) is 18.9 Å². The van der Waals surface area contributed by atoms with E-state index in [0.29, 0.717) is 58.1 Å². The van der Waals surface area contributed by atoms with Crippen LogP contribution in [0.3, 0.4) is 0 Å². The predicted molar refractivity (Wildman–Crippen MR) is 97.5 cm³/mol. The summed E-state index contributed by atoms with van der Waals surface area (Å²) in [5, 5.41) is 0. The number of carbonyl (C=O) groups is 1. The van der Waals surface area contributed by atoms with Crippen LogP contribution in [-0.4, -0.2) is 45.6 Å². The zero-order chi connectivity index (χ0) is 18.0. The van der Waals surface area contributed by atoms with Crippen molar-refractivity contribution in [3.63, 3.8) is 0 Å². The van der Waals surface area contributed by atoms with Gasteiger partial charge in [-0.2, -0.15) is 0 Å². The van der Waals surface area contributed by atoms with Crippen molar-refractivity contribution in [1.29, 1.82) is 0 Å². The summed E-state index contributed by atoms with van der Waals surface area (Å²) in [6.07, 6.45) is 6.45. The Kier molecular flexibility index (Phi) is 7.67. The Morgan fingerprint density at radius 3 is 2.19 bits per heavy atom. The van der Waals surface area contributed by atoms with Gasteiger partial charge in [0.15, 0.2) is 0 Å². The Labute approximate surface area is 155 Å². The highest BCUT2D eigenvalue weighted by Crippen LogP contribution is 2.43. The van der Waals surface area contributed by atoms with Crippen LogP contribution < -0.4 is 0 Å². The van der Waals surface area contributed by atoms with E-state index in [1.165, 1.54) is 0 Å². The van der Waals surface area contributed by atoms with Crippen LogP contribution in [-0.2, 0) is 30.3 Å². The molecule has 0 unspecified atom stereocenters. The van der Waals surface area contributed by atoms with Gasteiger partial charge in [0.1, 0.15) is 6.61 Å². The molecule has 26 heavy (non-hydrogen) atoms. The molecule has 1 aromatic rings. The average molecular weight is 360 g/mol. The molecule has 0 aliphatic heterocycles. The first-order chi connectivity index (χ1) is 12.8. The number of hydrogen-bond acceptors (Lipinski definition) is 5. The average Bonchev–Trinajstić information content (AvgIpc) is 3.30. The monoisotopic (exact) mass is 360 g/mol. The number of carbonyl (C=O) groups excluding carboxylic acids is 1. The maximum absolute atomic E-state index is 12.0. The number of esters is 1. The van der Waals surface area contributed by atoms with Crippen molar-refractivity contribution in [2.24, 2.45) is 17.8 Å². The minimum absolute atomic E-state index is 0.0595. The van der Waals surface area contributed by atoms with Crippen LogP contribution in [0, 0.1) is 17.8 Å². The second-order valence-corrected chi connectivity index (χ2v) is 6.82. The van der Waals surface area contributed by atoms with Crippen molar-refractivity contribution in [3.05, 3.63) is 48.0 Å². The largest absolute Gasteiger partial charge is 0.463 e. The molecule has 2 aliphatic carbocycles. The number of allylic oxidation sites excluding steroid dienone is 2. The second kappa shape index (κ2) is 10.5. The maximum atomic E-state index is 12.0. The number of hydrogen-bond donors (Lipinski definition) is 0. The van der Waals surface area contributed by atoms with Gasteiger partial charge in [-0.3, -0.25) is 4.79 Å². The summed E-state index contributed by atoms with van der Waals surface area (Å²) in [4.78, 5) is 12.0. The highest BCUT2D eigenvalue weighted by atomic mass is 16.6. The van der Waals surface area contributed by atoms with Crippen molar-refractivity contribution in [1.82, 2.24) is 0 Å². The Bertz CT molecular complexity index is 571. The van der Waals surface area contributed by atoms with Gasteiger partial charge in [-0.1, -0.05) is 42.5 Å². The molecular formula is C21H28O5. The van der Waals surface area contributed by atoms with Crippen LogP contribution in [0.15, 0.2) is 42.5 Å². The second-order valence-electron chi connectivity index (χ2n) is 6.82. The molecular weight excluding hydrogens is 332 g/mol. The first kappa shape index (κ1) is 19.1. The summed E-state index contributed by atoms with van der Waals surface area (Å²) in [7, 11) is 0. The zero-order valence-electron chi connectivity index (χ0n) is 15.2. The summed E-state index contributed by atoms with van der Waals surface area (Å²) < 4.78 is 21.7. The van der Waals surface area contributed by atoms with E-state index in [2.05, 4.69) is 12.2 Å². The van der Waals surface area contributed by atoms with Gasteiger partial charge in [-0.25, -0.2) is 0 Å². The molecule has 3 atom stereocenters. The third-order valence-corrected chi connectivity index (χ3v) is 4.91. The van der Waals surface area contributed by atoms with Gasteiger partial charge in [0, 0.05) is 0 Å². The van der Waals surface area contributed by atoms with Gasteiger partial charge < -0.3 is 18.9 Å². The summed E-state index contributed by atoms with van der Waals surface area (Å²) >= 11 is 0. The van der Waals surface area contributed by atoms with Crippen LogP contribution >= 0.6 is 0 Å². The SMILES string of the molecule is O=C(OCCOCCOCCOCc1ccccc1)[C@H]1C[C@@H]2C=C[C@H]1C2. The van der Waals surface area contributed by atoms with E-state index in [1.807, 2.05) is 30.3 Å². The maximum Gasteiger partial charge on any atom is 0.309 e. The highest BCUT2D eigenvalue weighted by molar-refractivity contribution is 5.74. The van der Waals surface area contributed by atoms with Gasteiger partial charge in [0.2, 0.25) is 0 Å². The molecule has 0 saturated heterocycles. The van der Waals surface area contributed by atoms with E-state index >= 15 is 0 Å². The predicted octanol–water partition coefficient (Wildman–Crippen LogP) is 2.99. The molecule has 2 aliphatic rings. The molecule has 0 spiro atoms. The summed E-state index contributed by atoms with van der Waals surface area (Å²) in [6.45, 7) is 3.44. The summed E-state index contributed by atoms with van der Waals surface area (Å²) in [5.74, 6) is 0.968. The van der Waals surface area contributed by atoms with E-state index in [-0.39, 0.29) is 11.9 Å². The minimum atomic E-state index is -0.0720. The first-order valence-corrected chi connectivity index (χ1v) is 9.45. The molecule has 5 heteroatoms. The minimum Gasteiger partial charge on any atom is -0.463 e. The van der Waals surface area contributed by atoms with Crippen LogP contribution in [0.2, 0.25) is 0 Å². The lowest BCUT2D eigenvalue weighted by molar-refractivity contribution is -0.151. The van der Waals surface area contributed by atoms with Crippen molar-refractivity contribution in [3.8, 4) is 0 Å². The fraction of sp³-hybridized carbons (Fsp3) is 0.571. The molecule has 0 heterocycles. The third kappa shape index (κ3) is 5.94. The van der Waals surface area contributed by atoms with E-state index in [9.17, 15) is 4.79 Å². The molecule has 5 nitrogen and oxygen atoms in total. The van der Waals surface area contributed by atoms with E-state index in [1.54, 1.807) is 0 Å².